The predicted molar refractivity (Wildman–Crippen MR) is 83.1 cm³/mol. The summed E-state index contributed by atoms with van der Waals surface area (Å²) in [7, 11) is 2.02. The molecule has 0 saturated heterocycles. The predicted octanol–water partition coefficient (Wildman–Crippen LogP) is 3.99. The van der Waals surface area contributed by atoms with Crippen molar-refractivity contribution in [1.29, 1.82) is 0 Å². The fourth-order valence-corrected chi connectivity index (χ4v) is 2.27. The molecule has 3 nitrogen and oxygen atoms in total. The van der Waals surface area contributed by atoms with Crippen molar-refractivity contribution < 1.29 is 5.11 Å². The van der Waals surface area contributed by atoms with Gasteiger partial charge in [-0.1, -0.05) is 23.7 Å². The number of pyridine rings is 1. The van der Waals surface area contributed by atoms with Crippen molar-refractivity contribution in [1.82, 2.24) is 4.98 Å². The zero-order chi connectivity index (χ0) is 14.7. The summed E-state index contributed by atoms with van der Waals surface area (Å²) in [6.45, 7) is 3.83. The average molecular weight is 291 g/mol. The van der Waals surface area contributed by atoms with Gasteiger partial charge in [0, 0.05) is 12.1 Å². The first-order valence-electron chi connectivity index (χ1n) is 6.61. The molecule has 1 aromatic heterocycles. The first kappa shape index (κ1) is 14.8. The molecule has 1 unspecified atom stereocenters. The Morgan fingerprint density at radius 3 is 2.50 bits per heavy atom. The second-order valence-corrected chi connectivity index (χ2v) is 5.40. The number of halogens is 1. The normalized spacial score (nSPS) is 13.8. The molecule has 1 aromatic carbocycles. The number of benzene rings is 1. The van der Waals surface area contributed by atoms with Gasteiger partial charge >= 0.3 is 0 Å². The lowest BCUT2D eigenvalue weighted by Crippen LogP contribution is -2.21. The summed E-state index contributed by atoms with van der Waals surface area (Å²) in [6.07, 6.45) is 1.24. The van der Waals surface area contributed by atoms with Gasteiger partial charge in [0.2, 0.25) is 0 Å². The summed E-state index contributed by atoms with van der Waals surface area (Å²) in [6, 6.07) is 11.9. The van der Waals surface area contributed by atoms with Crippen LogP contribution in [0.2, 0.25) is 5.02 Å². The number of anilines is 1. The summed E-state index contributed by atoms with van der Waals surface area (Å²) < 4.78 is 0. The van der Waals surface area contributed by atoms with Gasteiger partial charge in [0.1, 0.15) is 0 Å². The van der Waals surface area contributed by atoms with Crippen LogP contribution in [0.5, 0.6) is 0 Å². The highest BCUT2D eigenvalue weighted by atomic mass is 35.5. The number of hydrogen-bond donors (Lipinski definition) is 1. The standard InChI is InChI=1S/C16H19ClN2O/c1-11(13-5-4-6-14(17)9-13)19(3)15-7-8-16(12(2)20)18-10-15/h4-12,20H,1-3H3/t11?,12-/m1/s1. The molecule has 0 aliphatic rings. The van der Waals surface area contributed by atoms with E-state index in [2.05, 4.69) is 22.9 Å². The molecule has 4 heteroatoms. The highest BCUT2D eigenvalue weighted by Crippen LogP contribution is 2.26. The Hall–Kier alpha value is -1.58. The summed E-state index contributed by atoms with van der Waals surface area (Å²) in [4.78, 5) is 6.40. The minimum atomic E-state index is -0.542. The highest BCUT2D eigenvalue weighted by molar-refractivity contribution is 6.30. The van der Waals surface area contributed by atoms with Crippen molar-refractivity contribution in [2.75, 3.05) is 11.9 Å². The topological polar surface area (TPSA) is 36.4 Å². The zero-order valence-electron chi connectivity index (χ0n) is 11.9. The molecule has 106 valence electrons. The molecule has 0 aliphatic carbocycles. The van der Waals surface area contributed by atoms with Crippen molar-refractivity contribution in [3.8, 4) is 0 Å². The number of aliphatic hydroxyl groups excluding tert-OH is 1. The monoisotopic (exact) mass is 290 g/mol. The van der Waals surface area contributed by atoms with Crippen molar-refractivity contribution in [3.63, 3.8) is 0 Å². The summed E-state index contributed by atoms with van der Waals surface area (Å²) >= 11 is 6.04. The lowest BCUT2D eigenvalue weighted by atomic mass is 10.1. The Morgan fingerprint density at radius 2 is 1.95 bits per heavy atom. The first-order chi connectivity index (χ1) is 9.49. The maximum atomic E-state index is 9.48. The molecule has 0 aliphatic heterocycles. The van der Waals surface area contributed by atoms with Gasteiger partial charge in [0.25, 0.3) is 0 Å². The van der Waals surface area contributed by atoms with E-state index < -0.39 is 6.10 Å². The summed E-state index contributed by atoms with van der Waals surface area (Å²) in [5, 5.41) is 10.2. The number of aromatic nitrogens is 1. The third kappa shape index (κ3) is 3.30. The van der Waals surface area contributed by atoms with Gasteiger partial charge in [-0.05, 0) is 43.7 Å². The van der Waals surface area contributed by atoms with Crippen LogP contribution in [0.15, 0.2) is 42.6 Å². The van der Waals surface area contributed by atoms with Gasteiger partial charge in [-0.15, -0.1) is 0 Å². The van der Waals surface area contributed by atoms with Gasteiger partial charge < -0.3 is 10.0 Å². The zero-order valence-corrected chi connectivity index (χ0v) is 12.7. The Labute approximate surface area is 124 Å². The molecule has 2 rings (SSSR count). The van der Waals surface area contributed by atoms with Crippen LogP contribution in [0, 0.1) is 0 Å². The Morgan fingerprint density at radius 1 is 1.20 bits per heavy atom. The van der Waals surface area contributed by atoms with Gasteiger partial charge in [0.15, 0.2) is 0 Å². The van der Waals surface area contributed by atoms with E-state index >= 15 is 0 Å². The average Bonchev–Trinajstić information content (AvgIpc) is 2.46. The first-order valence-corrected chi connectivity index (χ1v) is 6.99. The third-order valence-electron chi connectivity index (χ3n) is 3.52. The lowest BCUT2D eigenvalue weighted by Gasteiger charge is -2.27. The summed E-state index contributed by atoms with van der Waals surface area (Å²) in [5.41, 5.74) is 2.83. The lowest BCUT2D eigenvalue weighted by molar-refractivity contribution is 0.194. The molecule has 1 heterocycles. The molecule has 0 spiro atoms. The summed E-state index contributed by atoms with van der Waals surface area (Å²) in [5.74, 6) is 0. The fraction of sp³-hybridized carbons (Fsp3) is 0.312. The molecule has 2 aromatic rings. The molecule has 20 heavy (non-hydrogen) atoms. The molecule has 0 fully saturated rings. The third-order valence-corrected chi connectivity index (χ3v) is 3.75. The van der Waals surface area contributed by atoms with Crippen LogP contribution in [0.1, 0.15) is 37.3 Å². The van der Waals surface area contributed by atoms with Gasteiger partial charge in [-0.2, -0.15) is 0 Å². The fourth-order valence-electron chi connectivity index (χ4n) is 2.07. The van der Waals surface area contributed by atoms with Crippen LogP contribution in [0.3, 0.4) is 0 Å². The van der Waals surface area contributed by atoms with E-state index in [1.807, 2.05) is 37.4 Å². The van der Waals surface area contributed by atoms with Crippen molar-refractivity contribution in [2.45, 2.75) is 26.0 Å². The number of nitrogens with zero attached hydrogens (tertiary/aromatic N) is 2. The number of aliphatic hydroxyl groups is 1. The minimum absolute atomic E-state index is 0.188. The van der Waals surface area contributed by atoms with Crippen LogP contribution >= 0.6 is 11.6 Å². The molecule has 0 amide bonds. The van der Waals surface area contributed by atoms with E-state index in [0.29, 0.717) is 5.69 Å². The second-order valence-electron chi connectivity index (χ2n) is 4.96. The number of hydrogen-bond acceptors (Lipinski definition) is 3. The van der Waals surface area contributed by atoms with Crippen LogP contribution in [-0.2, 0) is 0 Å². The van der Waals surface area contributed by atoms with Gasteiger partial charge in [-0.25, -0.2) is 0 Å². The SMILES string of the molecule is CC(c1cccc(Cl)c1)N(C)c1ccc([C@@H](C)O)nc1. The molecule has 2 atom stereocenters. The van der Waals surface area contributed by atoms with E-state index in [9.17, 15) is 5.11 Å². The molecular formula is C16H19ClN2O. The maximum absolute atomic E-state index is 9.48. The Bertz CT molecular complexity index is 569. The van der Waals surface area contributed by atoms with E-state index in [-0.39, 0.29) is 6.04 Å². The van der Waals surface area contributed by atoms with Crippen molar-refractivity contribution in [2.24, 2.45) is 0 Å². The largest absolute Gasteiger partial charge is 0.387 e. The minimum Gasteiger partial charge on any atom is -0.387 e. The Kier molecular flexibility index (Phi) is 4.63. The van der Waals surface area contributed by atoms with Gasteiger partial charge in [0.05, 0.1) is 29.7 Å². The van der Waals surface area contributed by atoms with E-state index in [4.69, 9.17) is 11.6 Å². The van der Waals surface area contributed by atoms with Crippen LogP contribution in [0.4, 0.5) is 5.69 Å². The molecule has 0 saturated carbocycles. The molecular weight excluding hydrogens is 272 g/mol. The smallest absolute Gasteiger partial charge is 0.0931 e. The Balaban J connectivity index is 2.20. The highest BCUT2D eigenvalue weighted by Gasteiger charge is 2.13. The van der Waals surface area contributed by atoms with Crippen LogP contribution in [-0.4, -0.2) is 17.1 Å². The number of rotatable bonds is 4. The molecule has 1 N–H and O–H groups in total. The van der Waals surface area contributed by atoms with Gasteiger partial charge in [-0.3, -0.25) is 4.98 Å². The maximum Gasteiger partial charge on any atom is 0.0931 e. The molecule has 0 bridgehead atoms. The van der Waals surface area contributed by atoms with E-state index in [0.717, 1.165) is 16.3 Å². The second kappa shape index (κ2) is 6.25. The van der Waals surface area contributed by atoms with E-state index in [1.54, 1.807) is 13.1 Å². The van der Waals surface area contributed by atoms with Crippen LogP contribution < -0.4 is 4.90 Å². The van der Waals surface area contributed by atoms with Crippen LogP contribution in [0.25, 0.3) is 0 Å². The van der Waals surface area contributed by atoms with Crippen molar-refractivity contribution >= 4 is 17.3 Å². The van der Waals surface area contributed by atoms with Crippen molar-refractivity contribution in [3.05, 3.63) is 58.9 Å². The molecule has 0 radical (unpaired) electrons. The van der Waals surface area contributed by atoms with E-state index in [1.165, 1.54) is 0 Å². The quantitative estimate of drug-likeness (QED) is 0.925.